The van der Waals surface area contributed by atoms with Gasteiger partial charge in [0.15, 0.2) is 0 Å². The number of nitrogens with zero attached hydrogens (tertiary/aromatic N) is 4. The number of hydrogen-bond acceptors (Lipinski definition) is 6. The first-order valence-corrected chi connectivity index (χ1v) is 7.41. The number of benzene rings is 1. The SMILES string of the molecule is CCOc1nc(Nc2ccc(-n3cccn3)cc2)cc(N)c1C#N. The molecule has 7 heteroatoms. The lowest BCUT2D eigenvalue weighted by molar-refractivity contribution is 0.326. The summed E-state index contributed by atoms with van der Waals surface area (Å²) >= 11 is 0. The van der Waals surface area contributed by atoms with Crippen LogP contribution in [0.5, 0.6) is 5.88 Å². The summed E-state index contributed by atoms with van der Waals surface area (Å²) in [5.74, 6) is 0.748. The van der Waals surface area contributed by atoms with Gasteiger partial charge in [-0.3, -0.25) is 0 Å². The largest absolute Gasteiger partial charge is 0.477 e. The number of nitrogens with one attached hydrogen (secondary N) is 1. The van der Waals surface area contributed by atoms with Crippen molar-refractivity contribution >= 4 is 17.2 Å². The third-order valence-corrected chi connectivity index (χ3v) is 3.32. The zero-order chi connectivity index (χ0) is 16.9. The van der Waals surface area contributed by atoms with Gasteiger partial charge in [0.1, 0.15) is 17.5 Å². The van der Waals surface area contributed by atoms with Crippen molar-refractivity contribution < 1.29 is 4.74 Å². The maximum absolute atomic E-state index is 9.15. The van der Waals surface area contributed by atoms with Gasteiger partial charge in [0.05, 0.1) is 18.0 Å². The average Bonchev–Trinajstić information content (AvgIpc) is 3.10. The summed E-state index contributed by atoms with van der Waals surface area (Å²) in [6.07, 6.45) is 3.60. The van der Waals surface area contributed by atoms with Crippen LogP contribution in [0.3, 0.4) is 0 Å². The lowest BCUT2D eigenvalue weighted by Crippen LogP contribution is -2.04. The number of rotatable bonds is 5. The van der Waals surface area contributed by atoms with E-state index >= 15 is 0 Å². The van der Waals surface area contributed by atoms with Crippen molar-refractivity contribution in [1.82, 2.24) is 14.8 Å². The molecule has 0 spiro atoms. The van der Waals surface area contributed by atoms with Crippen LogP contribution in [0.25, 0.3) is 5.69 Å². The van der Waals surface area contributed by atoms with Gasteiger partial charge in [0.2, 0.25) is 5.88 Å². The minimum atomic E-state index is 0.232. The summed E-state index contributed by atoms with van der Waals surface area (Å²) in [6.45, 7) is 2.23. The number of nitrogens with two attached hydrogens (primary N) is 1. The van der Waals surface area contributed by atoms with E-state index in [0.29, 0.717) is 18.1 Å². The highest BCUT2D eigenvalue weighted by molar-refractivity contribution is 5.67. The molecular weight excluding hydrogens is 304 g/mol. The minimum Gasteiger partial charge on any atom is -0.477 e. The molecule has 0 atom stereocenters. The molecule has 24 heavy (non-hydrogen) atoms. The van der Waals surface area contributed by atoms with Crippen molar-refractivity contribution in [3.63, 3.8) is 0 Å². The van der Waals surface area contributed by atoms with Crippen molar-refractivity contribution in [2.45, 2.75) is 6.92 Å². The van der Waals surface area contributed by atoms with E-state index < -0.39 is 0 Å². The van der Waals surface area contributed by atoms with E-state index in [1.165, 1.54) is 0 Å². The predicted octanol–water partition coefficient (Wildman–Crippen LogP) is 2.86. The van der Waals surface area contributed by atoms with Gasteiger partial charge >= 0.3 is 0 Å². The maximum Gasteiger partial charge on any atom is 0.235 e. The van der Waals surface area contributed by atoms with E-state index in [0.717, 1.165) is 11.4 Å². The minimum absolute atomic E-state index is 0.232. The third kappa shape index (κ3) is 3.13. The van der Waals surface area contributed by atoms with E-state index in [1.807, 2.05) is 49.5 Å². The molecule has 0 aliphatic heterocycles. The Morgan fingerprint density at radius 1 is 1.33 bits per heavy atom. The molecule has 2 heterocycles. The molecule has 0 saturated heterocycles. The third-order valence-electron chi connectivity index (χ3n) is 3.32. The van der Waals surface area contributed by atoms with Crippen LogP contribution in [-0.4, -0.2) is 21.4 Å². The van der Waals surface area contributed by atoms with Gasteiger partial charge in [-0.25, -0.2) is 4.68 Å². The van der Waals surface area contributed by atoms with Gasteiger partial charge in [-0.2, -0.15) is 15.3 Å². The number of pyridine rings is 1. The average molecular weight is 320 g/mol. The summed E-state index contributed by atoms with van der Waals surface area (Å²) in [6, 6.07) is 13.2. The van der Waals surface area contributed by atoms with Crippen molar-refractivity contribution in [1.29, 1.82) is 5.26 Å². The second kappa shape index (κ2) is 6.71. The zero-order valence-electron chi connectivity index (χ0n) is 13.1. The van der Waals surface area contributed by atoms with Crippen molar-refractivity contribution in [3.8, 4) is 17.6 Å². The molecule has 0 aliphatic carbocycles. The molecule has 0 amide bonds. The fourth-order valence-corrected chi connectivity index (χ4v) is 2.23. The van der Waals surface area contributed by atoms with E-state index in [4.69, 9.17) is 15.7 Å². The topological polar surface area (TPSA) is 102 Å². The van der Waals surface area contributed by atoms with Crippen LogP contribution < -0.4 is 15.8 Å². The van der Waals surface area contributed by atoms with Crippen molar-refractivity contribution in [3.05, 3.63) is 54.4 Å². The molecule has 0 bridgehead atoms. The smallest absolute Gasteiger partial charge is 0.235 e. The maximum atomic E-state index is 9.15. The molecule has 2 aromatic heterocycles. The van der Waals surface area contributed by atoms with Crippen LogP contribution in [-0.2, 0) is 0 Å². The van der Waals surface area contributed by atoms with Crippen LogP contribution in [0.1, 0.15) is 12.5 Å². The van der Waals surface area contributed by atoms with E-state index in [-0.39, 0.29) is 11.4 Å². The number of anilines is 3. The van der Waals surface area contributed by atoms with Gasteiger partial charge in [-0.05, 0) is 37.3 Å². The van der Waals surface area contributed by atoms with Crippen LogP contribution in [0.4, 0.5) is 17.2 Å². The zero-order valence-corrected chi connectivity index (χ0v) is 13.1. The first-order valence-electron chi connectivity index (χ1n) is 7.41. The molecular formula is C17H16N6O. The molecule has 0 fully saturated rings. The molecule has 0 aliphatic rings. The van der Waals surface area contributed by atoms with Gasteiger partial charge in [0.25, 0.3) is 0 Å². The van der Waals surface area contributed by atoms with Crippen LogP contribution in [0, 0.1) is 11.3 Å². The Bertz CT molecular complexity index is 865. The first-order chi connectivity index (χ1) is 11.7. The fourth-order valence-electron chi connectivity index (χ4n) is 2.23. The quantitative estimate of drug-likeness (QED) is 0.749. The molecule has 3 rings (SSSR count). The first kappa shape index (κ1) is 15.4. The Morgan fingerprint density at radius 3 is 2.75 bits per heavy atom. The molecule has 1 aromatic carbocycles. The van der Waals surface area contributed by atoms with Gasteiger partial charge in [0, 0.05) is 24.1 Å². The fraction of sp³-hybridized carbons (Fsp3) is 0.118. The standard InChI is InChI=1S/C17H16N6O/c1-2-24-17-14(11-18)15(19)10-16(22-17)21-12-4-6-13(7-5-12)23-9-3-8-20-23/h3-10H,2H2,1H3,(H3,19,21,22). The van der Waals surface area contributed by atoms with Gasteiger partial charge < -0.3 is 15.8 Å². The number of nitriles is 1. The summed E-state index contributed by atoms with van der Waals surface area (Å²) in [5, 5.41) is 16.5. The monoisotopic (exact) mass is 320 g/mol. The van der Waals surface area contributed by atoms with Crippen molar-refractivity contribution in [2.24, 2.45) is 0 Å². The van der Waals surface area contributed by atoms with Crippen LogP contribution >= 0.6 is 0 Å². The van der Waals surface area contributed by atoms with Gasteiger partial charge in [-0.15, -0.1) is 0 Å². The lowest BCUT2D eigenvalue weighted by atomic mass is 10.2. The Labute approximate surface area is 139 Å². The second-order valence-electron chi connectivity index (χ2n) is 4.94. The Morgan fingerprint density at radius 2 is 2.12 bits per heavy atom. The molecule has 120 valence electrons. The predicted molar refractivity (Wildman–Crippen MR) is 91.4 cm³/mol. The number of ether oxygens (including phenoxy) is 1. The highest BCUT2D eigenvalue weighted by Crippen LogP contribution is 2.27. The number of nitrogen functional groups attached to an aromatic ring is 1. The highest BCUT2D eigenvalue weighted by Gasteiger charge is 2.12. The number of hydrogen-bond donors (Lipinski definition) is 2. The summed E-state index contributed by atoms with van der Waals surface area (Å²) in [4.78, 5) is 4.31. The Hall–Kier alpha value is -3.53. The van der Waals surface area contributed by atoms with E-state index in [1.54, 1.807) is 16.9 Å². The summed E-state index contributed by atoms with van der Waals surface area (Å²) < 4.78 is 7.16. The number of aromatic nitrogens is 3. The second-order valence-corrected chi connectivity index (χ2v) is 4.94. The molecule has 7 nitrogen and oxygen atoms in total. The summed E-state index contributed by atoms with van der Waals surface area (Å²) in [7, 11) is 0. The highest BCUT2D eigenvalue weighted by atomic mass is 16.5. The Kier molecular flexibility index (Phi) is 4.29. The molecule has 3 aromatic rings. The van der Waals surface area contributed by atoms with E-state index in [9.17, 15) is 0 Å². The molecule has 3 N–H and O–H groups in total. The normalized spacial score (nSPS) is 10.2. The summed E-state index contributed by atoms with van der Waals surface area (Å²) in [5.41, 5.74) is 8.27. The van der Waals surface area contributed by atoms with E-state index in [2.05, 4.69) is 15.4 Å². The van der Waals surface area contributed by atoms with Gasteiger partial charge in [-0.1, -0.05) is 0 Å². The van der Waals surface area contributed by atoms with Crippen LogP contribution in [0.2, 0.25) is 0 Å². The van der Waals surface area contributed by atoms with Crippen LogP contribution in [0.15, 0.2) is 48.8 Å². The Balaban J connectivity index is 1.84. The molecule has 0 radical (unpaired) electrons. The molecule has 0 saturated carbocycles. The molecule has 0 unspecified atom stereocenters. The van der Waals surface area contributed by atoms with Crippen molar-refractivity contribution in [2.75, 3.05) is 17.7 Å². The lowest BCUT2D eigenvalue weighted by Gasteiger charge is -2.11.